The van der Waals surface area contributed by atoms with Crippen LogP contribution in [-0.4, -0.2) is 23.4 Å². The molecular weight excluding hydrogens is 200 g/mol. The predicted octanol–water partition coefficient (Wildman–Crippen LogP) is 2.47. The first-order chi connectivity index (χ1) is 7.81. The summed E-state index contributed by atoms with van der Waals surface area (Å²) in [6, 6.07) is 2.09. The van der Waals surface area contributed by atoms with Gasteiger partial charge in [0.05, 0.1) is 6.07 Å². The lowest BCUT2D eigenvalue weighted by atomic mass is 9.86. The van der Waals surface area contributed by atoms with Crippen LogP contribution < -0.4 is 0 Å². The summed E-state index contributed by atoms with van der Waals surface area (Å²) in [7, 11) is 0. The maximum atomic E-state index is 12.1. The number of rotatable bonds is 2. The number of nitriles is 1. The molecule has 3 heteroatoms. The molecule has 1 heterocycles. The highest BCUT2D eigenvalue weighted by atomic mass is 16.2. The van der Waals surface area contributed by atoms with Crippen molar-refractivity contribution in [3.05, 3.63) is 0 Å². The number of carbonyl (C=O) groups is 1. The predicted molar refractivity (Wildman–Crippen MR) is 61.5 cm³/mol. The van der Waals surface area contributed by atoms with Gasteiger partial charge in [0, 0.05) is 13.0 Å². The van der Waals surface area contributed by atoms with Crippen LogP contribution in [0.5, 0.6) is 0 Å². The monoisotopic (exact) mass is 220 g/mol. The number of hydrogen-bond acceptors (Lipinski definition) is 2. The average molecular weight is 220 g/mol. The average Bonchev–Trinajstić information content (AvgIpc) is 2.78. The van der Waals surface area contributed by atoms with Crippen molar-refractivity contribution in [1.29, 1.82) is 5.26 Å². The number of amides is 1. The van der Waals surface area contributed by atoms with Gasteiger partial charge in [-0.2, -0.15) is 5.26 Å². The molecule has 1 aliphatic heterocycles. The van der Waals surface area contributed by atoms with Crippen LogP contribution in [0.25, 0.3) is 0 Å². The molecule has 1 unspecified atom stereocenters. The van der Waals surface area contributed by atoms with Crippen molar-refractivity contribution < 1.29 is 4.79 Å². The SMILES string of the molecule is N#CC1CCCN1C(=O)CC1CCCCC1. The van der Waals surface area contributed by atoms with E-state index in [1.807, 2.05) is 0 Å². The summed E-state index contributed by atoms with van der Waals surface area (Å²) in [5.41, 5.74) is 0. The fourth-order valence-electron chi connectivity index (χ4n) is 2.95. The maximum Gasteiger partial charge on any atom is 0.223 e. The van der Waals surface area contributed by atoms with Crippen LogP contribution in [0.1, 0.15) is 51.4 Å². The van der Waals surface area contributed by atoms with Crippen LogP contribution >= 0.6 is 0 Å². The third-order valence-electron chi connectivity index (χ3n) is 3.91. The second kappa shape index (κ2) is 5.34. The third kappa shape index (κ3) is 2.55. The van der Waals surface area contributed by atoms with E-state index in [0.29, 0.717) is 12.3 Å². The van der Waals surface area contributed by atoms with Crippen LogP contribution in [0.2, 0.25) is 0 Å². The minimum absolute atomic E-state index is 0.143. The van der Waals surface area contributed by atoms with Crippen molar-refractivity contribution in [2.24, 2.45) is 5.92 Å². The molecule has 0 N–H and O–H groups in total. The van der Waals surface area contributed by atoms with E-state index in [0.717, 1.165) is 19.4 Å². The molecule has 0 aromatic heterocycles. The number of carbonyl (C=O) groups excluding carboxylic acids is 1. The van der Waals surface area contributed by atoms with E-state index < -0.39 is 0 Å². The minimum atomic E-state index is -0.143. The van der Waals surface area contributed by atoms with Crippen molar-refractivity contribution >= 4 is 5.91 Å². The van der Waals surface area contributed by atoms with Gasteiger partial charge in [-0.15, -0.1) is 0 Å². The van der Waals surface area contributed by atoms with Crippen LogP contribution in [0.4, 0.5) is 0 Å². The first-order valence-corrected chi connectivity index (χ1v) is 6.50. The molecule has 0 radical (unpaired) electrons. The standard InChI is InChI=1S/C13H20N2O/c14-10-12-7-4-8-15(12)13(16)9-11-5-2-1-3-6-11/h11-12H,1-9H2. The lowest BCUT2D eigenvalue weighted by molar-refractivity contribution is -0.132. The number of likely N-dealkylation sites (tertiary alicyclic amines) is 1. The Kier molecular flexibility index (Phi) is 3.82. The highest BCUT2D eigenvalue weighted by molar-refractivity contribution is 5.77. The topological polar surface area (TPSA) is 44.1 Å². The molecule has 0 bridgehead atoms. The van der Waals surface area contributed by atoms with Crippen molar-refractivity contribution in [2.75, 3.05) is 6.54 Å². The summed E-state index contributed by atoms with van der Waals surface area (Å²) < 4.78 is 0. The van der Waals surface area contributed by atoms with Crippen LogP contribution in [-0.2, 0) is 4.79 Å². The summed E-state index contributed by atoms with van der Waals surface area (Å²) in [5.74, 6) is 0.803. The third-order valence-corrected chi connectivity index (χ3v) is 3.91. The van der Waals surface area contributed by atoms with E-state index in [-0.39, 0.29) is 11.9 Å². The zero-order chi connectivity index (χ0) is 11.4. The zero-order valence-corrected chi connectivity index (χ0v) is 9.82. The molecule has 2 fully saturated rings. The van der Waals surface area contributed by atoms with Crippen molar-refractivity contribution in [2.45, 2.75) is 57.4 Å². The van der Waals surface area contributed by atoms with Gasteiger partial charge >= 0.3 is 0 Å². The highest BCUT2D eigenvalue weighted by Crippen LogP contribution is 2.28. The van der Waals surface area contributed by atoms with E-state index in [4.69, 9.17) is 5.26 Å². The van der Waals surface area contributed by atoms with Crippen molar-refractivity contribution in [3.8, 4) is 6.07 Å². The normalized spacial score (nSPS) is 26.7. The van der Waals surface area contributed by atoms with Gasteiger partial charge < -0.3 is 4.90 Å². The quantitative estimate of drug-likeness (QED) is 0.717. The molecule has 0 aromatic carbocycles. The second-order valence-corrected chi connectivity index (χ2v) is 5.08. The Balaban J connectivity index is 1.85. The molecule has 2 aliphatic rings. The maximum absolute atomic E-state index is 12.1. The molecule has 1 amide bonds. The van der Waals surface area contributed by atoms with E-state index in [2.05, 4.69) is 6.07 Å². The Morgan fingerprint density at radius 1 is 1.19 bits per heavy atom. The lowest BCUT2D eigenvalue weighted by Crippen LogP contribution is -2.35. The molecule has 0 aromatic rings. The Morgan fingerprint density at radius 2 is 1.94 bits per heavy atom. The Morgan fingerprint density at radius 3 is 2.62 bits per heavy atom. The Bertz CT molecular complexity index is 289. The van der Waals surface area contributed by atoms with Crippen LogP contribution in [0, 0.1) is 17.2 Å². The Labute approximate surface area is 97.4 Å². The molecule has 1 saturated carbocycles. The van der Waals surface area contributed by atoms with Gasteiger partial charge in [0.15, 0.2) is 0 Å². The fourth-order valence-corrected chi connectivity index (χ4v) is 2.95. The summed E-state index contributed by atoms with van der Waals surface area (Å²) in [6.07, 6.45) is 8.84. The first-order valence-electron chi connectivity index (χ1n) is 6.50. The molecule has 3 nitrogen and oxygen atoms in total. The van der Waals surface area contributed by atoms with E-state index in [1.54, 1.807) is 4.90 Å². The van der Waals surface area contributed by atoms with Gasteiger partial charge in [-0.1, -0.05) is 19.3 Å². The highest BCUT2D eigenvalue weighted by Gasteiger charge is 2.29. The van der Waals surface area contributed by atoms with E-state index >= 15 is 0 Å². The zero-order valence-electron chi connectivity index (χ0n) is 9.82. The molecule has 88 valence electrons. The second-order valence-electron chi connectivity index (χ2n) is 5.08. The summed E-state index contributed by atoms with van der Waals surface area (Å²) in [4.78, 5) is 13.9. The smallest absolute Gasteiger partial charge is 0.223 e. The summed E-state index contributed by atoms with van der Waals surface area (Å²) >= 11 is 0. The van der Waals surface area contributed by atoms with Gasteiger partial charge in [0.1, 0.15) is 6.04 Å². The lowest BCUT2D eigenvalue weighted by Gasteiger charge is -2.25. The Hall–Kier alpha value is -1.04. The van der Waals surface area contributed by atoms with Gasteiger partial charge in [-0.05, 0) is 31.6 Å². The van der Waals surface area contributed by atoms with Crippen LogP contribution in [0.3, 0.4) is 0 Å². The van der Waals surface area contributed by atoms with Gasteiger partial charge in [-0.25, -0.2) is 0 Å². The first kappa shape index (κ1) is 11.4. The van der Waals surface area contributed by atoms with Crippen LogP contribution in [0.15, 0.2) is 0 Å². The number of hydrogen-bond donors (Lipinski definition) is 0. The van der Waals surface area contributed by atoms with Gasteiger partial charge in [0.2, 0.25) is 5.91 Å². The summed E-state index contributed by atoms with van der Waals surface area (Å²) in [6.45, 7) is 0.795. The van der Waals surface area contributed by atoms with Gasteiger partial charge in [-0.3, -0.25) is 4.79 Å². The molecular formula is C13H20N2O. The summed E-state index contributed by atoms with van der Waals surface area (Å²) in [5, 5.41) is 8.95. The van der Waals surface area contributed by atoms with E-state index in [9.17, 15) is 4.79 Å². The molecule has 2 rings (SSSR count). The van der Waals surface area contributed by atoms with E-state index in [1.165, 1.54) is 32.1 Å². The largest absolute Gasteiger partial charge is 0.327 e. The fraction of sp³-hybridized carbons (Fsp3) is 0.846. The van der Waals surface area contributed by atoms with Crippen molar-refractivity contribution in [3.63, 3.8) is 0 Å². The minimum Gasteiger partial charge on any atom is -0.327 e. The molecule has 1 atom stereocenters. The van der Waals surface area contributed by atoms with Crippen molar-refractivity contribution in [1.82, 2.24) is 4.90 Å². The number of nitrogens with zero attached hydrogens (tertiary/aromatic N) is 2. The van der Waals surface area contributed by atoms with Gasteiger partial charge in [0.25, 0.3) is 0 Å². The molecule has 1 aliphatic carbocycles. The molecule has 1 saturated heterocycles. The molecule has 0 spiro atoms. The molecule has 16 heavy (non-hydrogen) atoms.